The second kappa shape index (κ2) is 37.7. The van der Waals surface area contributed by atoms with Gasteiger partial charge in [-0.1, -0.05) is 140 Å². The highest BCUT2D eigenvalue weighted by atomic mass is 31.2. The van der Waals surface area contributed by atoms with Crippen LogP contribution in [0, 0.1) is 13.8 Å². The topological polar surface area (TPSA) is 168 Å². The number of carbonyl (C=O) groups excluding carboxylic acids is 2. The molecule has 0 saturated heterocycles. The standard InChI is InChI=1S/C49H84NO10P/c1-5-7-9-10-11-14-17-21-27-32-44(51)33-28-22-20-25-30-36-48(52)56-40-45(41-58-61(54,55)57-39-38-50)59-49(53)37-31-24-19-16-13-12-15-18-23-29-35-47-43(4)42(3)46(60-47)34-26-8-6-2/h11,14,20-22,27-28,33,44-45,51H,5-10,12-13,15-19,23-26,29-32,34-41,50H2,1-4H3,(H,54,55)/b14-11-,22-20+,27-21-,33-28-/t44?,45-/m1/s1. The first-order valence-corrected chi connectivity index (χ1v) is 25.1. The van der Waals surface area contributed by atoms with E-state index in [0.717, 1.165) is 51.4 Å². The third-order valence-electron chi connectivity index (χ3n) is 10.5. The van der Waals surface area contributed by atoms with Crippen molar-refractivity contribution in [1.82, 2.24) is 0 Å². The third-order valence-corrected chi connectivity index (χ3v) is 11.5. The summed E-state index contributed by atoms with van der Waals surface area (Å²) < 4.78 is 39.0. The number of unbranched alkanes of at least 4 members (excludes halogenated alkanes) is 15. The molecular formula is C49H84NO10P. The minimum Gasteiger partial charge on any atom is -0.466 e. The zero-order valence-electron chi connectivity index (χ0n) is 38.5. The molecule has 350 valence electrons. The number of hydrogen-bond donors (Lipinski definition) is 3. The van der Waals surface area contributed by atoms with Crippen LogP contribution in [0.5, 0.6) is 0 Å². The van der Waals surface area contributed by atoms with Crippen LogP contribution in [0.4, 0.5) is 0 Å². The van der Waals surface area contributed by atoms with E-state index in [4.69, 9.17) is 28.7 Å². The number of esters is 2. The summed E-state index contributed by atoms with van der Waals surface area (Å²) in [6.07, 6.45) is 38.5. The number of phosphoric ester groups is 1. The van der Waals surface area contributed by atoms with Gasteiger partial charge >= 0.3 is 19.8 Å². The van der Waals surface area contributed by atoms with Gasteiger partial charge in [0.05, 0.1) is 19.3 Å². The van der Waals surface area contributed by atoms with Gasteiger partial charge in [0.15, 0.2) is 6.10 Å². The van der Waals surface area contributed by atoms with Crippen LogP contribution < -0.4 is 5.73 Å². The Morgan fingerprint density at radius 3 is 1.92 bits per heavy atom. The minimum atomic E-state index is -4.42. The lowest BCUT2D eigenvalue weighted by atomic mass is 10.0. The Morgan fingerprint density at radius 1 is 0.689 bits per heavy atom. The van der Waals surface area contributed by atoms with E-state index in [1.807, 2.05) is 18.2 Å². The fourth-order valence-corrected chi connectivity index (χ4v) is 7.42. The van der Waals surface area contributed by atoms with Crippen LogP contribution in [0.15, 0.2) is 53.0 Å². The minimum absolute atomic E-state index is 0.0270. The highest BCUT2D eigenvalue weighted by Crippen LogP contribution is 2.43. The number of allylic oxidation sites excluding steroid dienone is 6. The lowest BCUT2D eigenvalue weighted by Gasteiger charge is -2.19. The summed E-state index contributed by atoms with van der Waals surface area (Å²) >= 11 is 0. The van der Waals surface area contributed by atoms with Gasteiger partial charge in [-0.3, -0.25) is 18.6 Å². The van der Waals surface area contributed by atoms with Gasteiger partial charge in [0.25, 0.3) is 0 Å². The third kappa shape index (κ3) is 31.7. The zero-order chi connectivity index (χ0) is 44.8. The van der Waals surface area contributed by atoms with Crippen LogP contribution in [-0.4, -0.2) is 60.5 Å². The molecule has 11 nitrogen and oxygen atoms in total. The predicted octanol–water partition coefficient (Wildman–Crippen LogP) is 12.1. The van der Waals surface area contributed by atoms with Gasteiger partial charge in [-0.2, -0.15) is 0 Å². The molecule has 0 aliphatic carbocycles. The summed E-state index contributed by atoms with van der Waals surface area (Å²) in [4.78, 5) is 35.0. The number of ether oxygens (including phenoxy) is 2. The van der Waals surface area contributed by atoms with Crippen molar-refractivity contribution in [2.24, 2.45) is 5.73 Å². The Balaban J connectivity index is 2.29. The summed E-state index contributed by atoms with van der Waals surface area (Å²) in [7, 11) is -4.42. The Morgan fingerprint density at radius 2 is 1.26 bits per heavy atom. The quantitative estimate of drug-likeness (QED) is 0.0189. The van der Waals surface area contributed by atoms with Crippen molar-refractivity contribution < 1.29 is 47.1 Å². The lowest BCUT2D eigenvalue weighted by molar-refractivity contribution is -0.161. The van der Waals surface area contributed by atoms with Crippen molar-refractivity contribution in [2.45, 2.75) is 200 Å². The maximum atomic E-state index is 12.7. The van der Waals surface area contributed by atoms with Crippen LogP contribution in [0.25, 0.3) is 0 Å². The predicted molar refractivity (Wildman–Crippen MR) is 247 cm³/mol. The van der Waals surface area contributed by atoms with Crippen molar-refractivity contribution in [3.63, 3.8) is 0 Å². The molecule has 0 aliphatic rings. The molecular weight excluding hydrogens is 794 g/mol. The van der Waals surface area contributed by atoms with Gasteiger partial charge in [0, 0.05) is 32.2 Å². The smallest absolute Gasteiger partial charge is 0.466 e. The fraction of sp³-hybridized carbons (Fsp3) is 0.714. The number of aliphatic hydroxyl groups excluding tert-OH is 1. The van der Waals surface area contributed by atoms with E-state index in [1.54, 1.807) is 12.2 Å². The summed E-state index contributed by atoms with van der Waals surface area (Å²) in [6.45, 7) is 7.87. The van der Waals surface area contributed by atoms with Gasteiger partial charge < -0.3 is 29.6 Å². The van der Waals surface area contributed by atoms with Gasteiger partial charge in [-0.05, 0) is 82.8 Å². The Labute approximate surface area is 369 Å². The average Bonchev–Trinajstić information content (AvgIpc) is 3.51. The molecule has 12 heteroatoms. The maximum absolute atomic E-state index is 12.7. The average molecular weight is 878 g/mol. The molecule has 0 bridgehead atoms. The highest BCUT2D eigenvalue weighted by molar-refractivity contribution is 7.47. The van der Waals surface area contributed by atoms with Crippen molar-refractivity contribution >= 4 is 19.8 Å². The van der Waals surface area contributed by atoms with E-state index in [-0.39, 0.29) is 32.6 Å². The first kappa shape index (κ1) is 56.2. The summed E-state index contributed by atoms with van der Waals surface area (Å²) in [5.41, 5.74) is 8.03. The van der Waals surface area contributed by atoms with E-state index in [9.17, 15) is 24.2 Å². The monoisotopic (exact) mass is 878 g/mol. The molecule has 0 amide bonds. The molecule has 0 saturated carbocycles. The molecule has 3 atom stereocenters. The van der Waals surface area contributed by atoms with E-state index in [2.05, 4.69) is 45.9 Å². The fourth-order valence-electron chi connectivity index (χ4n) is 6.65. The Bertz CT molecular complexity index is 1430. The van der Waals surface area contributed by atoms with Crippen molar-refractivity contribution in [1.29, 1.82) is 0 Å². The van der Waals surface area contributed by atoms with E-state index >= 15 is 0 Å². The van der Waals surface area contributed by atoms with E-state index < -0.39 is 38.6 Å². The number of carbonyl (C=O) groups is 2. The first-order chi connectivity index (χ1) is 29.5. The molecule has 0 fully saturated rings. The molecule has 1 rings (SSSR count). The second-order valence-electron chi connectivity index (χ2n) is 16.1. The molecule has 2 unspecified atom stereocenters. The van der Waals surface area contributed by atoms with Gasteiger partial charge in [-0.15, -0.1) is 0 Å². The Kier molecular flexibility index (Phi) is 34.8. The number of rotatable bonds is 40. The van der Waals surface area contributed by atoms with Gasteiger partial charge in [0.2, 0.25) is 0 Å². The van der Waals surface area contributed by atoms with Gasteiger partial charge in [-0.25, -0.2) is 4.57 Å². The molecule has 0 radical (unpaired) electrons. The van der Waals surface area contributed by atoms with E-state index in [0.29, 0.717) is 25.7 Å². The normalized spacial score (nSPS) is 14.1. The molecule has 0 spiro atoms. The molecule has 0 aliphatic heterocycles. The second-order valence-corrected chi connectivity index (χ2v) is 17.5. The van der Waals surface area contributed by atoms with Crippen LogP contribution in [0.3, 0.4) is 0 Å². The number of aryl methyl sites for hydroxylation is 2. The number of hydrogen-bond acceptors (Lipinski definition) is 10. The number of phosphoric acid groups is 1. The Hall–Kier alpha value is -2.79. The van der Waals surface area contributed by atoms with Crippen molar-refractivity contribution in [3.8, 4) is 0 Å². The number of nitrogens with two attached hydrogens (primary N) is 1. The maximum Gasteiger partial charge on any atom is 0.472 e. The molecule has 1 aromatic rings. The van der Waals surface area contributed by atoms with Crippen LogP contribution in [0.2, 0.25) is 0 Å². The van der Waals surface area contributed by atoms with Crippen molar-refractivity contribution in [3.05, 3.63) is 71.3 Å². The molecule has 1 heterocycles. The summed E-state index contributed by atoms with van der Waals surface area (Å²) in [6, 6.07) is 0. The summed E-state index contributed by atoms with van der Waals surface area (Å²) in [5.74, 6) is 1.38. The lowest BCUT2D eigenvalue weighted by Crippen LogP contribution is -2.29. The molecule has 61 heavy (non-hydrogen) atoms. The molecule has 4 N–H and O–H groups in total. The molecule has 1 aromatic heterocycles. The SMILES string of the molecule is CCCCC/C=C\C/C=C\CC(O)/C=C\C=C\CCCC(=O)OC[C@H](COP(=O)(O)OCCN)OC(=O)CCCCCCCCCCCCc1oc(CCCCC)c(C)c1C. The van der Waals surface area contributed by atoms with Crippen LogP contribution in [0.1, 0.15) is 184 Å². The highest BCUT2D eigenvalue weighted by Gasteiger charge is 2.26. The first-order valence-electron chi connectivity index (χ1n) is 23.6. The summed E-state index contributed by atoms with van der Waals surface area (Å²) in [5, 5.41) is 10.1. The van der Waals surface area contributed by atoms with E-state index in [1.165, 1.54) is 93.3 Å². The zero-order valence-corrected chi connectivity index (χ0v) is 39.4. The van der Waals surface area contributed by atoms with Gasteiger partial charge in [0.1, 0.15) is 18.1 Å². The molecule has 0 aromatic carbocycles. The largest absolute Gasteiger partial charge is 0.472 e. The number of furan rings is 1. The number of aliphatic hydroxyl groups is 1. The van der Waals surface area contributed by atoms with Crippen LogP contribution >= 0.6 is 7.82 Å². The van der Waals surface area contributed by atoms with Crippen LogP contribution in [-0.2, 0) is 45.5 Å². The van der Waals surface area contributed by atoms with Crippen molar-refractivity contribution in [2.75, 3.05) is 26.4 Å².